The Morgan fingerprint density at radius 2 is 2.15 bits per heavy atom. The number of rotatable bonds is 7. The summed E-state index contributed by atoms with van der Waals surface area (Å²) in [6.07, 6.45) is 0. The van der Waals surface area contributed by atoms with Gasteiger partial charge in [-0.3, -0.25) is 4.79 Å². The molecule has 0 spiro atoms. The first-order valence-corrected chi connectivity index (χ1v) is 10.0. The van der Waals surface area contributed by atoms with E-state index in [0.717, 1.165) is 16.2 Å². The van der Waals surface area contributed by atoms with Crippen LogP contribution in [-0.4, -0.2) is 34.4 Å². The van der Waals surface area contributed by atoms with Gasteiger partial charge < -0.3 is 14.6 Å². The number of aromatic nitrogens is 2. The van der Waals surface area contributed by atoms with Gasteiger partial charge in [0.2, 0.25) is 5.91 Å². The minimum absolute atomic E-state index is 0.156. The summed E-state index contributed by atoms with van der Waals surface area (Å²) < 4.78 is 21.8. The van der Waals surface area contributed by atoms with Crippen molar-refractivity contribution in [2.75, 3.05) is 19.0 Å². The second-order valence-electron chi connectivity index (χ2n) is 5.90. The molecular formula is C19H19BrFN3O2S. The number of carbonyl (C=O) groups is 1. The Kier molecular flexibility index (Phi) is 6.51. The molecule has 0 aliphatic rings. The number of amides is 1. The number of nitrogens with zero attached hydrogens (tertiary/aromatic N) is 2. The lowest BCUT2D eigenvalue weighted by Crippen LogP contribution is -2.23. The molecule has 5 nitrogen and oxygen atoms in total. The fourth-order valence-electron chi connectivity index (χ4n) is 2.58. The smallest absolute Gasteiger partial charge is 0.237 e. The molecule has 0 bridgehead atoms. The van der Waals surface area contributed by atoms with Gasteiger partial charge in [-0.15, -0.1) is 0 Å². The van der Waals surface area contributed by atoms with Crippen molar-refractivity contribution in [1.82, 2.24) is 9.55 Å². The number of anilines is 1. The Balaban J connectivity index is 1.78. The number of hydrogen-bond acceptors (Lipinski definition) is 4. The maximum Gasteiger partial charge on any atom is 0.237 e. The van der Waals surface area contributed by atoms with Crippen molar-refractivity contribution in [1.29, 1.82) is 0 Å². The summed E-state index contributed by atoms with van der Waals surface area (Å²) in [6, 6.07) is 12.3. The lowest BCUT2D eigenvalue weighted by Gasteiger charge is -2.14. The van der Waals surface area contributed by atoms with Gasteiger partial charge in [-0.05, 0) is 37.3 Å². The molecule has 3 aromatic rings. The van der Waals surface area contributed by atoms with Gasteiger partial charge in [0.25, 0.3) is 0 Å². The van der Waals surface area contributed by atoms with Crippen molar-refractivity contribution in [3.8, 4) is 0 Å². The van der Waals surface area contributed by atoms with Crippen LogP contribution in [0.2, 0.25) is 0 Å². The summed E-state index contributed by atoms with van der Waals surface area (Å²) in [6.45, 7) is 2.95. The van der Waals surface area contributed by atoms with Crippen LogP contribution in [0.5, 0.6) is 0 Å². The highest BCUT2D eigenvalue weighted by molar-refractivity contribution is 9.10. The van der Waals surface area contributed by atoms with E-state index >= 15 is 0 Å². The molecule has 2 aromatic carbocycles. The van der Waals surface area contributed by atoms with Gasteiger partial charge in [-0.2, -0.15) is 0 Å². The first kappa shape index (κ1) is 19.9. The van der Waals surface area contributed by atoms with Crippen molar-refractivity contribution in [2.45, 2.75) is 23.9 Å². The third-order valence-electron chi connectivity index (χ3n) is 3.98. The lowest BCUT2D eigenvalue weighted by molar-refractivity contribution is -0.115. The standard InChI is InChI=1S/C19H19BrFN3O2S/c1-12(18(25)22-15-8-7-13(20)11-14(15)21)27-19-23-16-5-3-4-6-17(16)24(19)9-10-26-2/h3-8,11-12H,9-10H2,1-2H3,(H,22,25)/t12-/m0/s1. The zero-order valence-corrected chi connectivity index (χ0v) is 17.3. The van der Waals surface area contributed by atoms with Gasteiger partial charge in [0.05, 0.1) is 28.6 Å². The van der Waals surface area contributed by atoms with Crippen LogP contribution in [0.4, 0.5) is 10.1 Å². The zero-order chi connectivity index (χ0) is 19.4. The number of para-hydroxylation sites is 2. The Labute approximate surface area is 169 Å². The Bertz CT molecular complexity index is 963. The number of benzene rings is 2. The molecule has 0 fully saturated rings. The van der Waals surface area contributed by atoms with Gasteiger partial charge in [-0.1, -0.05) is 39.8 Å². The molecule has 1 atom stereocenters. The third kappa shape index (κ3) is 4.69. The summed E-state index contributed by atoms with van der Waals surface area (Å²) in [5.74, 6) is -0.770. The molecule has 0 aliphatic heterocycles. The first-order chi connectivity index (χ1) is 13.0. The van der Waals surface area contributed by atoms with E-state index in [4.69, 9.17) is 4.74 Å². The summed E-state index contributed by atoms with van der Waals surface area (Å²) in [5.41, 5.74) is 2.01. The number of carbonyl (C=O) groups excluding carboxylic acids is 1. The van der Waals surface area contributed by atoms with Crippen molar-refractivity contribution in [2.24, 2.45) is 0 Å². The monoisotopic (exact) mass is 451 g/mol. The third-order valence-corrected chi connectivity index (χ3v) is 5.56. The van der Waals surface area contributed by atoms with Crippen LogP contribution in [0.3, 0.4) is 0 Å². The Morgan fingerprint density at radius 3 is 2.89 bits per heavy atom. The molecule has 0 aliphatic carbocycles. The molecule has 3 rings (SSSR count). The van der Waals surface area contributed by atoms with Crippen LogP contribution in [0.15, 0.2) is 52.1 Å². The molecule has 1 aromatic heterocycles. The van der Waals surface area contributed by atoms with E-state index in [2.05, 4.69) is 26.2 Å². The molecule has 142 valence electrons. The summed E-state index contributed by atoms with van der Waals surface area (Å²) in [7, 11) is 1.65. The van der Waals surface area contributed by atoms with E-state index in [9.17, 15) is 9.18 Å². The van der Waals surface area contributed by atoms with Crippen LogP contribution in [-0.2, 0) is 16.1 Å². The highest BCUT2D eigenvalue weighted by Crippen LogP contribution is 2.28. The topological polar surface area (TPSA) is 56.1 Å². The number of hydrogen-bond donors (Lipinski definition) is 1. The van der Waals surface area contributed by atoms with Gasteiger partial charge in [0, 0.05) is 18.1 Å². The first-order valence-electron chi connectivity index (χ1n) is 8.36. The fraction of sp³-hybridized carbons (Fsp3) is 0.263. The van der Waals surface area contributed by atoms with E-state index in [1.807, 2.05) is 28.8 Å². The van der Waals surface area contributed by atoms with Crippen molar-refractivity contribution >= 4 is 50.3 Å². The molecule has 0 saturated heterocycles. The Morgan fingerprint density at radius 1 is 1.37 bits per heavy atom. The number of ether oxygens (including phenoxy) is 1. The largest absolute Gasteiger partial charge is 0.383 e. The average Bonchev–Trinajstić information content (AvgIpc) is 2.99. The molecule has 8 heteroatoms. The lowest BCUT2D eigenvalue weighted by atomic mass is 10.3. The second-order valence-corrected chi connectivity index (χ2v) is 8.12. The minimum atomic E-state index is -0.484. The van der Waals surface area contributed by atoms with E-state index in [-0.39, 0.29) is 11.6 Å². The van der Waals surface area contributed by atoms with E-state index in [1.54, 1.807) is 20.1 Å². The number of thioether (sulfide) groups is 1. The van der Waals surface area contributed by atoms with Crippen LogP contribution >= 0.6 is 27.7 Å². The molecule has 0 radical (unpaired) electrons. The van der Waals surface area contributed by atoms with Crippen LogP contribution in [0.1, 0.15) is 6.92 Å². The van der Waals surface area contributed by atoms with Crippen LogP contribution in [0.25, 0.3) is 11.0 Å². The number of nitrogens with one attached hydrogen (secondary N) is 1. The van der Waals surface area contributed by atoms with E-state index in [1.165, 1.54) is 23.9 Å². The number of fused-ring (bicyclic) bond motifs is 1. The molecule has 1 amide bonds. The highest BCUT2D eigenvalue weighted by atomic mass is 79.9. The molecule has 0 saturated carbocycles. The van der Waals surface area contributed by atoms with Gasteiger partial charge in [0.1, 0.15) is 5.82 Å². The minimum Gasteiger partial charge on any atom is -0.383 e. The molecule has 1 heterocycles. The summed E-state index contributed by atoms with van der Waals surface area (Å²) >= 11 is 4.54. The van der Waals surface area contributed by atoms with Crippen molar-refractivity contribution in [3.05, 3.63) is 52.8 Å². The van der Waals surface area contributed by atoms with E-state index < -0.39 is 11.1 Å². The number of halogens is 2. The predicted octanol–water partition coefficient (Wildman–Crippen LogP) is 4.70. The maximum atomic E-state index is 14.0. The van der Waals surface area contributed by atoms with Gasteiger partial charge in [0.15, 0.2) is 5.16 Å². The fourth-order valence-corrected chi connectivity index (χ4v) is 3.86. The SMILES string of the molecule is COCCn1c(S[C@@H](C)C(=O)Nc2ccc(Br)cc2F)nc2ccccc21. The summed E-state index contributed by atoms with van der Waals surface area (Å²) in [5, 5.41) is 2.91. The normalized spacial score (nSPS) is 12.3. The predicted molar refractivity (Wildman–Crippen MR) is 110 cm³/mol. The number of methoxy groups -OCH3 is 1. The van der Waals surface area contributed by atoms with Gasteiger partial charge in [-0.25, -0.2) is 9.37 Å². The van der Waals surface area contributed by atoms with Crippen LogP contribution < -0.4 is 5.32 Å². The molecule has 1 N–H and O–H groups in total. The second kappa shape index (κ2) is 8.86. The Hall–Kier alpha value is -1.90. The number of imidazole rings is 1. The van der Waals surface area contributed by atoms with Crippen LogP contribution in [0, 0.1) is 5.82 Å². The molecule has 27 heavy (non-hydrogen) atoms. The van der Waals surface area contributed by atoms with Crippen molar-refractivity contribution < 1.29 is 13.9 Å². The quantitative estimate of drug-likeness (QED) is 0.528. The average molecular weight is 452 g/mol. The maximum absolute atomic E-state index is 14.0. The van der Waals surface area contributed by atoms with Crippen molar-refractivity contribution in [3.63, 3.8) is 0 Å². The molecular weight excluding hydrogens is 433 g/mol. The highest BCUT2D eigenvalue weighted by Gasteiger charge is 2.20. The summed E-state index contributed by atoms with van der Waals surface area (Å²) in [4.78, 5) is 17.2. The molecule has 0 unspecified atom stereocenters. The zero-order valence-electron chi connectivity index (χ0n) is 14.9. The van der Waals surface area contributed by atoms with E-state index in [0.29, 0.717) is 17.6 Å². The van der Waals surface area contributed by atoms with Gasteiger partial charge >= 0.3 is 0 Å².